The summed E-state index contributed by atoms with van der Waals surface area (Å²) in [5.41, 5.74) is -1.92. The van der Waals surface area contributed by atoms with Crippen molar-refractivity contribution in [3.63, 3.8) is 0 Å². The van der Waals surface area contributed by atoms with Gasteiger partial charge in [0.25, 0.3) is 5.56 Å². The van der Waals surface area contributed by atoms with Gasteiger partial charge in [-0.2, -0.15) is 18.4 Å². The number of aryl methyl sites for hydroxylation is 1. The van der Waals surface area contributed by atoms with Crippen molar-refractivity contribution in [2.75, 3.05) is 6.26 Å². The first-order valence-electron chi connectivity index (χ1n) is 11.0. The van der Waals surface area contributed by atoms with Gasteiger partial charge in [0.15, 0.2) is 5.76 Å². The van der Waals surface area contributed by atoms with Crippen molar-refractivity contribution in [2.45, 2.75) is 31.0 Å². The SMILES string of the molecule is CCc1cc(SC)cc(-c2coc(-c3cc(C(F)(F)F)c(C#N)c(=O)n3Cc3ccc(F)cc3F)c2)c1. The van der Waals surface area contributed by atoms with Crippen LogP contribution in [0, 0.1) is 23.0 Å². The Kier molecular flexibility index (Phi) is 7.28. The molecule has 0 aliphatic rings. The van der Waals surface area contributed by atoms with Crippen molar-refractivity contribution < 1.29 is 26.4 Å². The van der Waals surface area contributed by atoms with Crippen LogP contribution in [-0.2, 0) is 19.1 Å². The third-order valence-corrected chi connectivity index (χ3v) is 6.56. The highest BCUT2D eigenvalue weighted by atomic mass is 32.2. The van der Waals surface area contributed by atoms with Gasteiger partial charge < -0.3 is 4.42 Å². The number of thioether (sulfide) groups is 1. The average molecular weight is 531 g/mol. The highest BCUT2D eigenvalue weighted by molar-refractivity contribution is 7.98. The van der Waals surface area contributed by atoms with Gasteiger partial charge in [0.05, 0.1) is 24.1 Å². The molecule has 0 aliphatic carbocycles. The minimum Gasteiger partial charge on any atom is -0.462 e. The molecule has 2 heterocycles. The van der Waals surface area contributed by atoms with Crippen molar-refractivity contribution >= 4 is 11.8 Å². The fraction of sp³-hybridized carbons (Fsp3) is 0.185. The maximum absolute atomic E-state index is 14.4. The molecule has 2 aromatic heterocycles. The minimum atomic E-state index is -5.00. The van der Waals surface area contributed by atoms with E-state index >= 15 is 0 Å². The Balaban J connectivity index is 1.93. The Morgan fingerprint density at radius 1 is 1.05 bits per heavy atom. The van der Waals surface area contributed by atoms with Gasteiger partial charge in [0, 0.05) is 22.1 Å². The number of benzene rings is 2. The molecule has 0 unspecified atom stereocenters. The largest absolute Gasteiger partial charge is 0.462 e. The van der Waals surface area contributed by atoms with Gasteiger partial charge >= 0.3 is 6.18 Å². The molecular weight excluding hydrogens is 511 g/mol. The highest BCUT2D eigenvalue weighted by Gasteiger charge is 2.37. The number of hydrogen-bond acceptors (Lipinski definition) is 4. The first-order valence-corrected chi connectivity index (χ1v) is 12.2. The maximum atomic E-state index is 14.4. The van der Waals surface area contributed by atoms with Crippen molar-refractivity contribution in [1.29, 1.82) is 5.26 Å². The van der Waals surface area contributed by atoms with E-state index in [0.29, 0.717) is 17.7 Å². The van der Waals surface area contributed by atoms with E-state index in [1.807, 2.05) is 31.4 Å². The molecule has 4 rings (SSSR count). The topological polar surface area (TPSA) is 58.9 Å². The first-order chi connectivity index (χ1) is 17.5. The lowest BCUT2D eigenvalue weighted by Gasteiger charge is -2.16. The van der Waals surface area contributed by atoms with Gasteiger partial charge in [-0.25, -0.2) is 8.78 Å². The van der Waals surface area contributed by atoms with Crippen molar-refractivity contribution in [2.24, 2.45) is 0 Å². The number of halogens is 5. The third-order valence-electron chi connectivity index (χ3n) is 5.86. The second-order valence-corrected chi connectivity index (χ2v) is 9.06. The van der Waals surface area contributed by atoms with Gasteiger partial charge in [-0.1, -0.05) is 19.1 Å². The molecule has 0 saturated carbocycles. The van der Waals surface area contributed by atoms with Crippen LogP contribution in [0.3, 0.4) is 0 Å². The van der Waals surface area contributed by atoms with E-state index in [1.165, 1.54) is 30.2 Å². The van der Waals surface area contributed by atoms with Crippen LogP contribution in [0.15, 0.2) is 68.9 Å². The summed E-state index contributed by atoms with van der Waals surface area (Å²) < 4.78 is 75.6. The van der Waals surface area contributed by atoms with Crippen LogP contribution in [0.25, 0.3) is 22.6 Å². The van der Waals surface area contributed by atoms with E-state index in [-0.39, 0.29) is 17.0 Å². The number of rotatable bonds is 6. The van der Waals surface area contributed by atoms with E-state index in [2.05, 4.69) is 0 Å². The Morgan fingerprint density at radius 3 is 2.43 bits per heavy atom. The Bertz CT molecular complexity index is 1560. The molecule has 0 saturated heterocycles. The number of pyridine rings is 1. The summed E-state index contributed by atoms with van der Waals surface area (Å²) in [4.78, 5) is 14.1. The first kappa shape index (κ1) is 26.2. The molecule has 0 radical (unpaired) electrons. The summed E-state index contributed by atoms with van der Waals surface area (Å²) in [5, 5.41) is 9.34. The average Bonchev–Trinajstić information content (AvgIpc) is 3.35. The molecule has 10 heteroatoms. The lowest BCUT2D eigenvalue weighted by molar-refractivity contribution is -0.137. The van der Waals surface area contributed by atoms with Gasteiger partial charge in [0.1, 0.15) is 23.3 Å². The molecule has 4 aromatic rings. The second kappa shape index (κ2) is 10.3. The molecule has 2 aromatic carbocycles. The predicted molar refractivity (Wildman–Crippen MR) is 130 cm³/mol. The number of hydrogen-bond donors (Lipinski definition) is 0. The van der Waals surface area contributed by atoms with Crippen LogP contribution in [0.5, 0.6) is 0 Å². The lowest BCUT2D eigenvalue weighted by Crippen LogP contribution is -2.29. The van der Waals surface area contributed by atoms with Gasteiger partial charge in [0.2, 0.25) is 0 Å². The zero-order valence-electron chi connectivity index (χ0n) is 19.6. The van der Waals surface area contributed by atoms with Crippen molar-refractivity contribution in [3.05, 3.63) is 99.0 Å². The van der Waals surface area contributed by atoms with E-state index < -0.39 is 41.0 Å². The molecule has 0 amide bonds. The van der Waals surface area contributed by atoms with Crippen LogP contribution in [0.4, 0.5) is 22.0 Å². The molecular formula is C27H19F5N2O2S. The zero-order chi connectivity index (χ0) is 26.9. The van der Waals surface area contributed by atoms with Crippen LogP contribution in [-0.4, -0.2) is 10.8 Å². The fourth-order valence-corrected chi connectivity index (χ4v) is 4.44. The van der Waals surface area contributed by atoms with E-state index in [1.54, 1.807) is 0 Å². The van der Waals surface area contributed by atoms with Crippen LogP contribution < -0.4 is 5.56 Å². The van der Waals surface area contributed by atoms with Gasteiger partial charge in [-0.05, 0) is 54.1 Å². The monoisotopic (exact) mass is 530 g/mol. The normalized spacial score (nSPS) is 11.5. The molecule has 0 aliphatic heterocycles. The molecule has 190 valence electrons. The third kappa shape index (κ3) is 5.32. The second-order valence-electron chi connectivity index (χ2n) is 8.18. The molecule has 4 nitrogen and oxygen atoms in total. The number of nitriles is 1. The van der Waals surface area contributed by atoms with E-state index in [9.17, 15) is 32.0 Å². The van der Waals surface area contributed by atoms with E-state index in [4.69, 9.17) is 4.42 Å². The quantitative estimate of drug-likeness (QED) is 0.194. The number of aromatic nitrogens is 1. The fourth-order valence-electron chi connectivity index (χ4n) is 3.93. The molecule has 0 spiro atoms. The standard InChI is InChI=1S/C27H19F5N2O2S/c1-3-15-6-17(8-20(7-15)37-2)18-9-25(36-14-18)24-11-22(27(30,31)32)21(12-33)26(35)34(24)13-16-4-5-19(28)10-23(16)29/h4-11,14H,3,13H2,1-2H3. The van der Waals surface area contributed by atoms with Crippen LogP contribution in [0.1, 0.15) is 29.2 Å². The number of nitrogens with zero attached hydrogens (tertiary/aromatic N) is 2. The Morgan fingerprint density at radius 2 is 1.81 bits per heavy atom. The van der Waals surface area contributed by atoms with Gasteiger partial charge in [-0.15, -0.1) is 11.8 Å². The van der Waals surface area contributed by atoms with Crippen LogP contribution >= 0.6 is 11.8 Å². The molecule has 0 fully saturated rings. The summed E-state index contributed by atoms with van der Waals surface area (Å²) >= 11 is 1.53. The maximum Gasteiger partial charge on any atom is 0.417 e. The number of furan rings is 1. The summed E-state index contributed by atoms with van der Waals surface area (Å²) in [6.07, 6.45) is -0.966. The zero-order valence-corrected chi connectivity index (χ0v) is 20.4. The lowest BCUT2D eigenvalue weighted by atomic mass is 10.0. The van der Waals surface area contributed by atoms with E-state index in [0.717, 1.165) is 39.1 Å². The van der Waals surface area contributed by atoms with Crippen molar-refractivity contribution in [1.82, 2.24) is 4.57 Å². The number of alkyl halides is 3. The molecule has 0 bridgehead atoms. The van der Waals surface area contributed by atoms with Crippen molar-refractivity contribution in [3.8, 4) is 28.7 Å². The molecule has 0 atom stereocenters. The Hall–Kier alpha value is -3.84. The molecule has 37 heavy (non-hydrogen) atoms. The minimum absolute atomic E-state index is 0.0859. The van der Waals surface area contributed by atoms with Crippen LogP contribution in [0.2, 0.25) is 0 Å². The highest BCUT2D eigenvalue weighted by Crippen LogP contribution is 2.36. The summed E-state index contributed by atoms with van der Waals surface area (Å²) in [5.74, 6) is -1.93. The smallest absolute Gasteiger partial charge is 0.417 e. The summed E-state index contributed by atoms with van der Waals surface area (Å²) in [6, 6.07) is 11.9. The van der Waals surface area contributed by atoms with Gasteiger partial charge in [-0.3, -0.25) is 9.36 Å². The predicted octanol–water partition coefficient (Wildman–Crippen LogP) is 7.28. The summed E-state index contributed by atoms with van der Waals surface area (Å²) in [7, 11) is 0. The summed E-state index contributed by atoms with van der Waals surface area (Å²) in [6.45, 7) is 1.44. The Labute approximate surface area is 213 Å². The molecule has 0 N–H and O–H groups in total.